The molecule has 3 amide bonds. The second-order valence-electron chi connectivity index (χ2n) is 10.4. The summed E-state index contributed by atoms with van der Waals surface area (Å²) in [4.78, 5) is 27.1. The lowest BCUT2D eigenvalue weighted by Crippen LogP contribution is -2.50. The van der Waals surface area contributed by atoms with E-state index in [1.165, 1.54) is 0 Å². The highest BCUT2D eigenvalue weighted by atomic mass is 32.1. The Kier molecular flexibility index (Phi) is 12.8. The lowest BCUT2D eigenvalue weighted by atomic mass is 9.99. The van der Waals surface area contributed by atoms with E-state index in [0.717, 1.165) is 6.42 Å². The first kappa shape index (κ1) is 29.4. The molecule has 3 N–H and O–H groups in total. The summed E-state index contributed by atoms with van der Waals surface area (Å²) in [6.45, 7) is 14.8. The average molecular weight is 493 g/mol. The highest BCUT2D eigenvalue weighted by molar-refractivity contribution is 7.81. The van der Waals surface area contributed by atoms with Crippen LogP contribution in [0.2, 0.25) is 0 Å². The number of hydrogen-bond acceptors (Lipinski definition) is 6. The van der Waals surface area contributed by atoms with Crippen molar-refractivity contribution in [1.82, 2.24) is 20.9 Å². The molecule has 0 bridgehead atoms. The Labute approximate surface area is 202 Å². The van der Waals surface area contributed by atoms with Gasteiger partial charge in [0.05, 0.1) is 19.0 Å². The number of amides is 3. The van der Waals surface area contributed by atoms with Gasteiger partial charge >= 0.3 is 6.03 Å². The third-order valence-corrected chi connectivity index (χ3v) is 6.05. The van der Waals surface area contributed by atoms with Gasteiger partial charge in [-0.2, -0.15) is 12.6 Å². The van der Waals surface area contributed by atoms with Gasteiger partial charge in [-0.15, -0.1) is 0 Å². The molecule has 0 aliphatic carbocycles. The van der Waals surface area contributed by atoms with Gasteiger partial charge in [-0.05, 0) is 38.6 Å². The number of likely N-dealkylation sites (N-methyl/N-ethyl adjacent to an activating group) is 1. The van der Waals surface area contributed by atoms with E-state index >= 15 is 0 Å². The van der Waals surface area contributed by atoms with Crippen molar-refractivity contribution in [2.75, 3.05) is 39.6 Å². The molecule has 1 fully saturated rings. The van der Waals surface area contributed by atoms with E-state index in [2.05, 4.69) is 63.2 Å². The topological polar surface area (TPSA) is 91.9 Å². The van der Waals surface area contributed by atoms with Crippen LogP contribution in [0.3, 0.4) is 0 Å². The Bertz CT molecular complexity index is 583. The zero-order chi connectivity index (χ0) is 24.4. The zero-order valence-electron chi connectivity index (χ0n) is 20.9. The van der Waals surface area contributed by atoms with Crippen LogP contribution in [0.15, 0.2) is 0 Å². The molecule has 0 aromatic heterocycles. The molecule has 4 atom stereocenters. The Morgan fingerprint density at radius 1 is 1.22 bits per heavy atom. The van der Waals surface area contributed by atoms with E-state index in [0.29, 0.717) is 45.4 Å². The van der Waals surface area contributed by atoms with Crippen molar-refractivity contribution in [3.05, 3.63) is 0 Å². The maximum atomic E-state index is 12.8. The monoisotopic (exact) mass is 492 g/mol. The van der Waals surface area contributed by atoms with Gasteiger partial charge in [-0.25, -0.2) is 4.79 Å². The van der Waals surface area contributed by atoms with Gasteiger partial charge in [-0.1, -0.05) is 34.6 Å². The summed E-state index contributed by atoms with van der Waals surface area (Å²) in [5, 5.41) is 9.05. The molecule has 1 rings (SSSR count). The fraction of sp³-hybridized carbons (Fsp3) is 0.909. The molecule has 8 nitrogen and oxygen atoms in total. The van der Waals surface area contributed by atoms with Crippen molar-refractivity contribution < 1.29 is 18.8 Å². The van der Waals surface area contributed by atoms with E-state index in [1.807, 2.05) is 14.0 Å². The standard InChI is InChI=1S/C22H45N4O4PS/c1-16(29-11-9-22(5,6)32)8-10-24-20(28)26-13-17(23-7)12-18(26)19(27)25-15-31-30-14-21(2,3)4/h16-18,23,31-32H,8-15H2,1-7H3,(H,24,28)(H,25,27). The number of ether oxygens (including phenoxy) is 1. The molecule has 1 aliphatic rings. The van der Waals surface area contributed by atoms with Crippen LogP contribution in [0, 0.1) is 5.41 Å². The third kappa shape index (κ3) is 12.6. The van der Waals surface area contributed by atoms with E-state index in [9.17, 15) is 9.59 Å². The lowest BCUT2D eigenvalue weighted by Gasteiger charge is -2.25. The summed E-state index contributed by atoms with van der Waals surface area (Å²) in [5.74, 6) is -0.129. The van der Waals surface area contributed by atoms with Crippen molar-refractivity contribution in [2.24, 2.45) is 5.41 Å². The molecule has 188 valence electrons. The molecule has 0 spiro atoms. The van der Waals surface area contributed by atoms with Crippen molar-refractivity contribution in [3.8, 4) is 0 Å². The predicted octanol–water partition coefficient (Wildman–Crippen LogP) is 2.98. The number of carbonyl (C=O) groups excluding carboxylic acids is 2. The van der Waals surface area contributed by atoms with Gasteiger partial charge in [0.1, 0.15) is 6.04 Å². The van der Waals surface area contributed by atoms with E-state index in [-0.39, 0.29) is 43.1 Å². The molecule has 0 aromatic carbocycles. The predicted molar refractivity (Wildman–Crippen MR) is 136 cm³/mol. The Morgan fingerprint density at radius 3 is 2.50 bits per heavy atom. The van der Waals surface area contributed by atoms with Crippen LogP contribution in [0.4, 0.5) is 4.79 Å². The molecule has 0 aromatic rings. The van der Waals surface area contributed by atoms with Crippen LogP contribution >= 0.6 is 21.4 Å². The SMILES string of the molecule is CNC1CC(C(=O)NCPOCC(C)(C)C)N(C(=O)NCCC(C)OCCC(C)(C)S)C1. The highest BCUT2D eigenvalue weighted by Crippen LogP contribution is 2.21. The van der Waals surface area contributed by atoms with Gasteiger partial charge in [0.15, 0.2) is 0 Å². The normalized spacial score (nSPS) is 20.7. The zero-order valence-corrected chi connectivity index (χ0v) is 22.8. The van der Waals surface area contributed by atoms with Crippen LogP contribution in [-0.2, 0) is 14.1 Å². The number of nitrogens with one attached hydrogen (secondary N) is 3. The van der Waals surface area contributed by atoms with E-state index in [1.54, 1.807) is 4.90 Å². The van der Waals surface area contributed by atoms with Crippen LogP contribution in [-0.4, -0.2) is 79.4 Å². The number of hydrogen-bond donors (Lipinski definition) is 4. The average Bonchev–Trinajstić information content (AvgIpc) is 3.10. The number of thiol groups is 1. The smallest absolute Gasteiger partial charge is 0.318 e. The van der Waals surface area contributed by atoms with Gasteiger partial charge in [0.25, 0.3) is 0 Å². The summed E-state index contributed by atoms with van der Waals surface area (Å²) in [6.07, 6.45) is 2.68. The molecular weight excluding hydrogens is 447 g/mol. The molecule has 32 heavy (non-hydrogen) atoms. The van der Waals surface area contributed by atoms with Crippen LogP contribution < -0.4 is 16.0 Å². The summed E-state index contributed by atoms with van der Waals surface area (Å²) < 4.78 is 11.4. The molecule has 1 saturated heterocycles. The second kappa shape index (κ2) is 14.0. The van der Waals surface area contributed by atoms with Gasteiger partial charge in [-0.3, -0.25) is 4.79 Å². The molecule has 1 aliphatic heterocycles. The summed E-state index contributed by atoms with van der Waals surface area (Å²) in [6, 6.07) is -0.591. The third-order valence-electron chi connectivity index (χ3n) is 5.16. The number of likely N-dealkylation sites (tertiary alicyclic amines) is 1. The molecule has 0 radical (unpaired) electrons. The van der Waals surface area contributed by atoms with Crippen molar-refractivity contribution in [3.63, 3.8) is 0 Å². The minimum absolute atomic E-state index is 0.0443. The minimum atomic E-state index is -0.480. The maximum absolute atomic E-state index is 12.8. The van der Waals surface area contributed by atoms with E-state index in [4.69, 9.17) is 9.26 Å². The summed E-state index contributed by atoms with van der Waals surface area (Å²) in [7, 11) is 2.06. The maximum Gasteiger partial charge on any atom is 0.318 e. The molecular formula is C22H45N4O4PS. The van der Waals surface area contributed by atoms with Crippen molar-refractivity contribution >= 4 is 33.4 Å². The number of carbonyl (C=O) groups is 2. The molecule has 1 heterocycles. The van der Waals surface area contributed by atoms with Gasteiger partial charge in [0.2, 0.25) is 5.91 Å². The number of rotatable bonds is 13. The Morgan fingerprint density at radius 2 is 1.91 bits per heavy atom. The second-order valence-corrected chi connectivity index (χ2v) is 12.5. The van der Waals surface area contributed by atoms with Crippen molar-refractivity contribution in [1.29, 1.82) is 0 Å². The Hall–Kier alpha value is -0.600. The number of nitrogens with zero attached hydrogens (tertiary/aromatic N) is 1. The van der Waals surface area contributed by atoms with Crippen LogP contribution in [0.5, 0.6) is 0 Å². The van der Waals surface area contributed by atoms with Crippen molar-refractivity contribution in [2.45, 2.75) is 83.7 Å². The fourth-order valence-corrected chi connectivity index (χ4v) is 4.13. The first-order chi connectivity index (χ1) is 14.8. The summed E-state index contributed by atoms with van der Waals surface area (Å²) in [5.41, 5.74) is 0.100. The van der Waals surface area contributed by atoms with Crippen LogP contribution in [0.25, 0.3) is 0 Å². The highest BCUT2D eigenvalue weighted by Gasteiger charge is 2.38. The molecule has 4 unspecified atom stereocenters. The first-order valence-electron chi connectivity index (χ1n) is 11.5. The van der Waals surface area contributed by atoms with Gasteiger partial charge in [0, 0.05) is 39.3 Å². The minimum Gasteiger partial charge on any atom is -0.378 e. The molecule has 10 heteroatoms. The number of urea groups is 1. The largest absolute Gasteiger partial charge is 0.378 e. The Balaban J connectivity index is 2.41. The van der Waals surface area contributed by atoms with E-state index < -0.39 is 6.04 Å². The lowest BCUT2D eigenvalue weighted by molar-refractivity contribution is -0.124. The molecule has 0 saturated carbocycles. The summed E-state index contributed by atoms with van der Waals surface area (Å²) >= 11 is 4.50. The quantitative estimate of drug-likeness (QED) is 0.180. The van der Waals surface area contributed by atoms with Gasteiger partial charge < -0.3 is 30.1 Å². The first-order valence-corrected chi connectivity index (χ1v) is 13.1. The van der Waals surface area contributed by atoms with Crippen LogP contribution in [0.1, 0.15) is 60.8 Å². The fourth-order valence-electron chi connectivity index (χ4n) is 3.15.